The van der Waals surface area contributed by atoms with Gasteiger partial charge in [-0.1, -0.05) is 11.2 Å². The van der Waals surface area contributed by atoms with Gasteiger partial charge in [0.15, 0.2) is 11.6 Å². The third-order valence-electron chi connectivity index (χ3n) is 6.41. The second kappa shape index (κ2) is 9.58. The number of hydrogen-bond donors (Lipinski definition) is 0. The van der Waals surface area contributed by atoms with E-state index in [2.05, 4.69) is 24.9 Å². The minimum absolute atomic E-state index is 0.341. The van der Waals surface area contributed by atoms with Gasteiger partial charge in [-0.25, -0.2) is 13.8 Å². The van der Waals surface area contributed by atoms with Crippen molar-refractivity contribution in [3.8, 4) is 5.88 Å². The van der Waals surface area contributed by atoms with Crippen LogP contribution in [0.5, 0.6) is 5.88 Å². The van der Waals surface area contributed by atoms with Crippen LogP contribution in [0.25, 0.3) is 0 Å². The summed E-state index contributed by atoms with van der Waals surface area (Å²) in [6.07, 6.45) is 3.58. The summed E-state index contributed by atoms with van der Waals surface area (Å²) >= 11 is 0. The number of oxime groups is 1. The zero-order chi connectivity index (χ0) is 24.4. The lowest BCUT2D eigenvalue weighted by Gasteiger charge is -2.61. The number of benzene rings is 1. The summed E-state index contributed by atoms with van der Waals surface area (Å²) in [7, 11) is 1.63. The van der Waals surface area contributed by atoms with Crippen LogP contribution in [0.4, 0.5) is 14.5 Å². The molecule has 2 aliphatic rings. The van der Waals surface area contributed by atoms with Crippen molar-refractivity contribution in [3.63, 3.8) is 0 Å². The molecular weight excluding hydrogens is 452 g/mol. The molecule has 0 aliphatic carbocycles. The molecule has 35 heavy (non-hydrogen) atoms. The number of rotatable bonds is 8. The smallest absolute Gasteiger partial charge is 0.214 e. The van der Waals surface area contributed by atoms with Crippen LogP contribution in [0.1, 0.15) is 23.7 Å². The third-order valence-corrected chi connectivity index (χ3v) is 6.41. The van der Waals surface area contributed by atoms with Gasteiger partial charge in [0.1, 0.15) is 12.3 Å². The monoisotopic (exact) mass is 479 g/mol. The number of pyridine rings is 2. The SMILES string of the molecule is CCON=C(c1ccc(F)c(F)c1)c1ccc(CN2CC3(C2)CN(c2ccnc(OC)c2)C3)cn1. The van der Waals surface area contributed by atoms with E-state index >= 15 is 0 Å². The molecule has 5 rings (SSSR count). The summed E-state index contributed by atoms with van der Waals surface area (Å²) in [6.45, 7) is 7.10. The molecule has 182 valence electrons. The van der Waals surface area contributed by atoms with E-state index in [1.165, 1.54) is 6.07 Å². The zero-order valence-electron chi connectivity index (χ0n) is 19.7. The molecular formula is C26H27F2N5O2. The third kappa shape index (κ3) is 4.81. The van der Waals surface area contributed by atoms with Crippen LogP contribution in [0.3, 0.4) is 0 Å². The molecule has 9 heteroatoms. The van der Waals surface area contributed by atoms with Crippen molar-refractivity contribution in [2.45, 2.75) is 13.5 Å². The number of halogens is 2. The molecule has 7 nitrogen and oxygen atoms in total. The maximum absolute atomic E-state index is 13.8. The first-order valence-electron chi connectivity index (χ1n) is 11.6. The summed E-state index contributed by atoms with van der Waals surface area (Å²) in [5.41, 5.74) is 3.88. The second-order valence-corrected chi connectivity index (χ2v) is 9.10. The Kier molecular flexibility index (Phi) is 6.34. The molecule has 0 bridgehead atoms. The highest BCUT2D eigenvalue weighted by molar-refractivity contribution is 6.11. The Morgan fingerprint density at radius 1 is 1.03 bits per heavy atom. The van der Waals surface area contributed by atoms with Crippen molar-refractivity contribution in [2.75, 3.05) is 44.8 Å². The van der Waals surface area contributed by atoms with Crippen molar-refractivity contribution in [2.24, 2.45) is 10.6 Å². The van der Waals surface area contributed by atoms with E-state index in [0.29, 0.717) is 34.9 Å². The van der Waals surface area contributed by atoms with Gasteiger partial charge in [0.2, 0.25) is 5.88 Å². The molecule has 0 N–H and O–H groups in total. The summed E-state index contributed by atoms with van der Waals surface area (Å²) in [5, 5.41) is 4.09. The predicted molar refractivity (Wildman–Crippen MR) is 129 cm³/mol. The van der Waals surface area contributed by atoms with Gasteiger partial charge in [0, 0.05) is 67.8 Å². The fraction of sp³-hybridized carbons (Fsp3) is 0.346. The van der Waals surface area contributed by atoms with Gasteiger partial charge in [-0.15, -0.1) is 0 Å². The summed E-state index contributed by atoms with van der Waals surface area (Å²) < 4.78 is 32.4. The minimum atomic E-state index is -0.937. The van der Waals surface area contributed by atoms with E-state index in [1.807, 2.05) is 24.3 Å². The number of aromatic nitrogens is 2. The topological polar surface area (TPSA) is 63.1 Å². The van der Waals surface area contributed by atoms with Gasteiger partial charge in [-0.3, -0.25) is 9.88 Å². The van der Waals surface area contributed by atoms with Crippen LogP contribution < -0.4 is 9.64 Å². The second-order valence-electron chi connectivity index (χ2n) is 9.10. The predicted octanol–water partition coefficient (Wildman–Crippen LogP) is 3.87. The van der Waals surface area contributed by atoms with E-state index in [1.54, 1.807) is 26.4 Å². The van der Waals surface area contributed by atoms with Crippen LogP contribution in [0.2, 0.25) is 0 Å². The maximum atomic E-state index is 13.8. The molecule has 2 aliphatic heterocycles. The van der Waals surface area contributed by atoms with Gasteiger partial charge in [0.25, 0.3) is 0 Å². The number of methoxy groups -OCH3 is 1. The summed E-state index contributed by atoms with van der Waals surface area (Å²) in [6, 6.07) is 11.5. The number of hydrogen-bond acceptors (Lipinski definition) is 7. The Labute approximate surface area is 203 Å². The number of ether oxygens (including phenoxy) is 1. The van der Waals surface area contributed by atoms with Crippen molar-refractivity contribution >= 4 is 11.4 Å². The van der Waals surface area contributed by atoms with Crippen LogP contribution in [0, 0.1) is 17.0 Å². The van der Waals surface area contributed by atoms with Crippen LogP contribution >= 0.6 is 0 Å². The number of likely N-dealkylation sites (tertiary alicyclic amines) is 1. The summed E-state index contributed by atoms with van der Waals surface area (Å²) in [5.74, 6) is -1.21. The molecule has 0 saturated carbocycles. The molecule has 0 amide bonds. The number of nitrogens with zero attached hydrogens (tertiary/aromatic N) is 5. The standard InChI is InChI=1S/C26H27F2N5O2/c1-3-35-31-25(19-5-6-21(27)22(28)10-19)23-7-4-18(12-30-23)13-32-14-26(15-32)16-33(17-26)20-8-9-29-24(11-20)34-2/h4-12H,3,13-17H2,1-2H3. The molecule has 2 saturated heterocycles. The molecule has 0 atom stereocenters. The van der Waals surface area contributed by atoms with Crippen molar-refractivity contribution in [3.05, 3.63) is 83.3 Å². The molecule has 0 radical (unpaired) electrons. The van der Waals surface area contributed by atoms with Crippen molar-refractivity contribution < 1.29 is 18.4 Å². The van der Waals surface area contributed by atoms with E-state index in [4.69, 9.17) is 9.57 Å². The Morgan fingerprint density at radius 3 is 2.54 bits per heavy atom. The van der Waals surface area contributed by atoms with Gasteiger partial charge in [-0.2, -0.15) is 0 Å². The van der Waals surface area contributed by atoms with Crippen LogP contribution in [-0.2, 0) is 11.4 Å². The highest BCUT2D eigenvalue weighted by atomic mass is 19.2. The molecule has 1 aromatic carbocycles. The largest absolute Gasteiger partial charge is 0.481 e. The first-order valence-corrected chi connectivity index (χ1v) is 11.6. The molecule has 2 fully saturated rings. The molecule has 1 spiro atoms. The van der Waals surface area contributed by atoms with Crippen LogP contribution in [-0.4, -0.2) is 60.5 Å². The van der Waals surface area contributed by atoms with Crippen molar-refractivity contribution in [1.82, 2.24) is 14.9 Å². The van der Waals surface area contributed by atoms with E-state index in [9.17, 15) is 8.78 Å². The van der Waals surface area contributed by atoms with Gasteiger partial charge < -0.3 is 14.5 Å². The first kappa shape index (κ1) is 23.2. The normalized spacial score (nSPS) is 17.1. The Bertz CT molecular complexity index is 1220. The van der Waals surface area contributed by atoms with Gasteiger partial charge in [-0.05, 0) is 42.8 Å². The van der Waals surface area contributed by atoms with Crippen LogP contribution in [0.15, 0.2) is 60.0 Å². The lowest BCUT2D eigenvalue weighted by atomic mass is 9.72. The molecule has 4 heterocycles. The fourth-order valence-corrected chi connectivity index (χ4v) is 4.80. The van der Waals surface area contributed by atoms with E-state index in [-0.39, 0.29) is 0 Å². The summed E-state index contributed by atoms with van der Waals surface area (Å²) in [4.78, 5) is 18.7. The molecule has 3 aromatic rings. The highest BCUT2D eigenvalue weighted by Crippen LogP contribution is 2.42. The quantitative estimate of drug-likeness (QED) is 0.361. The van der Waals surface area contributed by atoms with Gasteiger partial charge in [0.05, 0.1) is 12.8 Å². The Balaban J connectivity index is 1.19. The fourth-order valence-electron chi connectivity index (χ4n) is 4.80. The van der Waals surface area contributed by atoms with E-state index in [0.717, 1.165) is 56.1 Å². The average Bonchev–Trinajstić information content (AvgIpc) is 2.83. The minimum Gasteiger partial charge on any atom is -0.481 e. The average molecular weight is 480 g/mol. The number of anilines is 1. The Hall–Kier alpha value is -3.59. The van der Waals surface area contributed by atoms with E-state index < -0.39 is 11.6 Å². The highest BCUT2D eigenvalue weighted by Gasteiger charge is 2.51. The first-order chi connectivity index (χ1) is 17.0. The van der Waals surface area contributed by atoms with Gasteiger partial charge >= 0.3 is 0 Å². The lowest BCUT2D eigenvalue weighted by molar-refractivity contribution is -0.0274. The van der Waals surface area contributed by atoms with Crippen molar-refractivity contribution in [1.29, 1.82) is 0 Å². The maximum Gasteiger partial charge on any atom is 0.214 e. The molecule has 0 unspecified atom stereocenters. The zero-order valence-corrected chi connectivity index (χ0v) is 19.7. The Morgan fingerprint density at radius 2 is 1.86 bits per heavy atom. The molecule has 2 aromatic heterocycles. The lowest BCUT2D eigenvalue weighted by Crippen LogP contribution is -2.71.